The summed E-state index contributed by atoms with van der Waals surface area (Å²) in [6.45, 7) is 5.33. The largest absolute Gasteiger partial charge is 0.459 e. The van der Waals surface area contributed by atoms with E-state index in [1.165, 1.54) is 6.26 Å². The van der Waals surface area contributed by atoms with Crippen molar-refractivity contribution in [3.63, 3.8) is 0 Å². The zero-order valence-corrected chi connectivity index (χ0v) is 16.9. The molecule has 1 aliphatic heterocycles. The number of hydrogen-bond acceptors (Lipinski definition) is 4. The van der Waals surface area contributed by atoms with Crippen LogP contribution in [0, 0.1) is 6.92 Å². The maximum absolute atomic E-state index is 12.7. The van der Waals surface area contributed by atoms with E-state index in [0.717, 1.165) is 24.9 Å². The molecule has 1 atom stereocenters. The minimum Gasteiger partial charge on any atom is -0.459 e. The molecular weight excluding hydrogens is 370 g/mol. The molecule has 1 aromatic heterocycles. The van der Waals surface area contributed by atoms with Crippen molar-refractivity contribution in [2.24, 2.45) is 0 Å². The lowest BCUT2D eigenvalue weighted by Gasteiger charge is -2.20. The van der Waals surface area contributed by atoms with Crippen molar-refractivity contribution in [2.45, 2.75) is 45.6 Å². The SMILES string of the molecule is CCCN1CCC(NC(=O)c2ccc(NC(=O)c3ccco3)c(C)c2)CCC1=O. The molecule has 0 saturated carbocycles. The number of rotatable bonds is 6. The van der Waals surface area contributed by atoms with Crippen LogP contribution in [0.15, 0.2) is 41.0 Å². The highest BCUT2D eigenvalue weighted by molar-refractivity contribution is 6.03. The average Bonchev–Trinajstić information content (AvgIpc) is 3.19. The normalized spacial score (nSPS) is 17.0. The number of benzene rings is 1. The van der Waals surface area contributed by atoms with Gasteiger partial charge >= 0.3 is 0 Å². The van der Waals surface area contributed by atoms with E-state index in [1.54, 1.807) is 30.3 Å². The Kier molecular flexibility index (Phi) is 6.69. The monoisotopic (exact) mass is 397 g/mol. The highest BCUT2D eigenvalue weighted by atomic mass is 16.3. The summed E-state index contributed by atoms with van der Waals surface area (Å²) in [5.41, 5.74) is 1.93. The van der Waals surface area contributed by atoms with Gasteiger partial charge in [0.15, 0.2) is 5.76 Å². The molecule has 2 heterocycles. The van der Waals surface area contributed by atoms with Crippen LogP contribution in [-0.4, -0.2) is 41.8 Å². The highest BCUT2D eigenvalue weighted by Gasteiger charge is 2.23. The fourth-order valence-electron chi connectivity index (χ4n) is 3.49. The Balaban J connectivity index is 1.60. The van der Waals surface area contributed by atoms with Gasteiger partial charge in [-0.3, -0.25) is 14.4 Å². The number of aryl methyl sites for hydroxylation is 1. The second kappa shape index (κ2) is 9.41. The molecule has 0 radical (unpaired) electrons. The molecule has 1 aliphatic rings. The third kappa shape index (κ3) is 5.25. The Morgan fingerprint density at radius 3 is 2.72 bits per heavy atom. The van der Waals surface area contributed by atoms with Crippen molar-refractivity contribution in [1.29, 1.82) is 0 Å². The third-order valence-electron chi connectivity index (χ3n) is 5.12. The number of carbonyl (C=O) groups is 3. The molecule has 0 bridgehead atoms. The molecular formula is C22H27N3O4. The van der Waals surface area contributed by atoms with Crippen LogP contribution >= 0.6 is 0 Å². The lowest BCUT2D eigenvalue weighted by molar-refractivity contribution is -0.130. The number of likely N-dealkylation sites (tertiary alicyclic amines) is 1. The van der Waals surface area contributed by atoms with E-state index in [0.29, 0.717) is 30.6 Å². The van der Waals surface area contributed by atoms with Gasteiger partial charge in [0.2, 0.25) is 5.91 Å². The lowest BCUT2D eigenvalue weighted by atomic mass is 10.1. The summed E-state index contributed by atoms with van der Waals surface area (Å²) in [4.78, 5) is 38.8. The van der Waals surface area contributed by atoms with E-state index in [9.17, 15) is 14.4 Å². The van der Waals surface area contributed by atoms with E-state index in [1.807, 2.05) is 11.8 Å². The number of anilines is 1. The van der Waals surface area contributed by atoms with Crippen LogP contribution in [0.5, 0.6) is 0 Å². The van der Waals surface area contributed by atoms with Crippen molar-refractivity contribution in [1.82, 2.24) is 10.2 Å². The number of furan rings is 1. The first-order chi connectivity index (χ1) is 14.0. The van der Waals surface area contributed by atoms with Gasteiger partial charge in [0, 0.05) is 36.8 Å². The zero-order chi connectivity index (χ0) is 20.8. The van der Waals surface area contributed by atoms with E-state index in [4.69, 9.17) is 4.42 Å². The van der Waals surface area contributed by atoms with Crippen LogP contribution in [0.2, 0.25) is 0 Å². The minimum atomic E-state index is -0.338. The molecule has 2 N–H and O–H groups in total. The topological polar surface area (TPSA) is 91.7 Å². The van der Waals surface area contributed by atoms with E-state index in [2.05, 4.69) is 17.6 Å². The third-order valence-corrected chi connectivity index (χ3v) is 5.12. The van der Waals surface area contributed by atoms with Gasteiger partial charge in [0.05, 0.1) is 6.26 Å². The molecule has 1 fully saturated rings. The van der Waals surface area contributed by atoms with Crippen molar-refractivity contribution < 1.29 is 18.8 Å². The van der Waals surface area contributed by atoms with Crippen LogP contribution in [0.1, 0.15) is 59.1 Å². The van der Waals surface area contributed by atoms with Gasteiger partial charge in [-0.05, 0) is 62.1 Å². The molecule has 3 amide bonds. The van der Waals surface area contributed by atoms with Gasteiger partial charge in [-0.25, -0.2) is 0 Å². The first-order valence-corrected chi connectivity index (χ1v) is 10.0. The molecule has 2 aromatic rings. The van der Waals surface area contributed by atoms with Crippen molar-refractivity contribution >= 4 is 23.4 Å². The number of nitrogens with zero attached hydrogens (tertiary/aromatic N) is 1. The molecule has 1 aromatic carbocycles. The summed E-state index contributed by atoms with van der Waals surface area (Å²) in [6, 6.07) is 8.37. The molecule has 154 valence electrons. The molecule has 0 spiro atoms. The van der Waals surface area contributed by atoms with Gasteiger partial charge in [-0.1, -0.05) is 6.92 Å². The zero-order valence-electron chi connectivity index (χ0n) is 16.9. The Morgan fingerprint density at radius 2 is 2.03 bits per heavy atom. The van der Waals surface area contributed by atoms with Gasteiger partial charge in [0.1, 0.15) is 0 Å². The van der Waals surface area contributed by atoms with E-state index >= 15 is 0 Å². The number of carbonyl (C=O) groups excluding carboxylic acids is 3. The quantitative estimate of drug-likeness (QED) is 0.782. The van der Waals surface area contributed by atoms with Gasteiger partial charge in [-0.2, -0.15) is 0 Å². The smallest absolute Gasteiger partial charge is 0.291 e. The molecule has 3 rings (SSSR count). The second-order valence-electron chi connectivity index (χ2n) is 7.34. The summed E-state index contributed by atoms with van der Waals surface area (Å²) in [5, 5.41) is 5.83. The number of hydrogen-bond donors (Lipinski definition) is 2. The van der Waals surface area contributed by atoms with Crippen molar-refractivity contribution in [3.8, 4) is 0 Å². The molecule has 0 aliphatic carbocycles. The number of nitrogens with one attached hydrogen (secondary N) is 2. The predicted octanol–water partition coefficient (Wildman–Crippen LogP) is 3.36. The van der Waals surface area contributed by atoms with E-state index < -0.39 is 0 Å². The molecule has 7 nitrogen and oxygen atoms in total. The Morgan fingerprint density at radius 1 is 1.21 bits per heavy atom. The summed E-state index contributed by atoms with van der Waals surface area (Å²) < 4.78 is 5.09. The molecule has 1 saturated heterocycles. The summed E-state index contributed by atoms with van der Waals surface area (Å²) in [6.07, 6.45) is 4.25. The van der Waals surface area contributed by atoms with Crippen LogP contribution in [0.25, 0.3) is 0 Å². The standard InChI is InChI=1S/C22H27N3O4/c1-3-11-25-12-10-17(7-9-20(25)26)23-21(27)16-6-8-18(15(2)14-16)24-22(28)19-5-4-13-29-19/h4-6,8,13-14,17H,3,7,9-12H2,1-2H3,(H,23,27)(H,24,28). The van der Waals surface area contributed by atoms with Gasteiger partial charge in [-0.15, -0.1) is 0 Å². The average molecular weight is 397 g/mol. The number of amides is 3. The maximum atomic E-state index is 12.7. The maximum Gasteiger partial charge on any atom is 0.291 e. The molecule has 29 heavy (non-hydrogen) atoms. The Bertz CT molecular complexity index is 876. The molecule has 1 unspecified atom stereocenters. The first kappa shape index (κ1) is 20.6. The minimum absolute atomic E-state index is 0.0213. The van der Waals surface area contributed by atoms with Crippen molar-refractivity contribution in [2.75, 3.05) is 18.4 Å². The Hall–Kier alpha value is -3.09. The van der Waals surface area contributed by atoms with Crippen LogP contribution in [0.4, 0.5) is 5.69 Å². The van der Waals surface area contributed by atoms with E-state index in [-0.39, 0.29) is 29.5 Å². The van der Waals surface area contributed by atoms with Gasteiger partial charge < -0.3 is 20.0 Å². The van der Waals surface area contributed by atoms with Gasteiger partial charge in [0.25, 0.3) is 11.8 Å². The van der Waals surface area contributed by atoms with Crippen LogP contribution in [0.3, 0.4) is 0 Å². The van der Waals surface area contributed by atoms with Crippen LogP contribution < -0.4 is 10.6 Å². The lowest BCUT2D eigenvalue weighted by Crippen LogP contribution is -2.36. The summed E-state index contributed by atoms with van der Waals surface area (Å²) in [5.74, 6) is -0.115. The molecule has 7 heteroatoms. The fourth-order valence-corrected chi connectivity index (χ4v) is 3.49. The summed E-state index contributed by atoms with van der Waals surface area (Å²) >= 11 is 0. The highest BCUT2D eigenvalue weighted by Crippen LogP contribution is 2.19. The van der Waals surface area contributed by atoms with Crippen molar-refractivity contribution in [3.05, 3.63) is 53.5 Å². The first-order valence-electron chi connectivity index (χ1n) is 10.0. The fraction of sp³-hybridized carbons (Fsp3) is 0.409. The Labute approximate surface area is 170 Å². The second-order valence-corrected chi connectivity index (χ2v) is 7.34. The summed E-state index contributed by atoms with van der Waals surface area (Å²) in [7, 11) is 0. The van der Waals surface area contributed by atoms with Crippen LogP contribution in [-0.2, 0) is 4.79 Å². The predicted molar refractivity (Wildman–Crippen MR) is 110 cm³/mol.